The normalized spacial score (nSPS) is 11.8. The number of thioether (sulfide) groups is 1. The van der Waals surface area contributed by atoms with Gasteiger partial charge in [-0.1, -0.05) is 0 Å². The first-order valence-corrected chi connectivity index (χ1v) is 12.3. The zero-order valence-corrected chi connectivity index (χ0v) is 20.3. The van der Waals surface area contributed by atoms with E-state index in [1.165, 1.54) is 42.5 Å². The van der Waals surface area contributed by atoms with Gasteiger partial charge in [-0.05, 0) is 31.4 Å². The van der Waals surface area contributed by atoms with E-state index in [1.54, 1.807) is 17.8 Å². The average molecular weight is 492 g/mol. The number of carbonyl (C=O) groups is 2. The van der Waals surface area contributed by atoms with Crippen molar-refractivity contribution in [2.24, 2.45) is 0 Å². The van der Waals surface area contributed by atoms with Crippen LogP contribution in [0.25, 0.3) is 10.9 Å². The van der Waals surface area contributed by atoms with Crippen LogP contribution in [0.4, 0.5) is 5.13 Å². The third kappa shape index (κ3) is 6.02. The number of nitrogens with one attached hydrogen (secondary N) is 2. The molecule has 2 amide bonds. The molecule has 0 aliphatic rings. The SMILES string of the molecule is COc1cc2ncn(CC(=O)N[C@H](CCSC)C(=O)Nc3nc(C)cs3)c(=O)c2cc1OC. The van der Waals surface area contributed by atoms with Crippen molar-refractivity contribution in [1.29, 1.82) is 0 Å². The van der Waals surface area contributed by atoms with Crippen molar-refractivity contribution < 1.29 is 19.1 Å². The van der Waals surface area contributed by atoms with Gasteiger partial charge in [-0.25, -0.2) is 9.97 Å². The van der Waals surface area contributed by atoms with Crippen molar-refractivity contribution in [2.45, 2.75) is 25.9 Å². The summed E-state index contributed by atoms with van der Waals surface area (Å²) in [6.45, 7) is 1.55. The molecule has 10 nitrogen and oxygen atoms in total. The molecular formula is C21H25N5O5S2. The predicted molar refractivity (Wildman–Crippen MR) is 130 cm³/mol. The topological polar surface area (TPSA) is 124 Å². The van der Waals surface area contributed by atoms with Crippen molar-refractivity contribution in [1.82, 2.24) is 19.9 Å². The maximum Gasteiger partial charge on any atom is 0.261 e. The number of aryl methyl sites for hydroxylation is 1. The van der Waals surface area contributed by atoms with Gasteiger partial charge in [0, 0.05) is 11.4 Å². The molecule has 0 unspecified atom stereocenters. The maximum absolute atomic E-state index is 12.9. The van der Waals surface area contributed by atoms with E-state index in [1.807, 2.05) is 18.6 Å². The summed E-state index contributed by atoms with van der Waals surface area (Å²) < 4.78 is 11.7. The zero-order chi connectivity index (χ0) is 24.0. The summed E-state index contributed by atoms with van der Waals surface area (Å²) >= 11 is 2.88. The third-order valence-corrected chi connectivity index (χ3v) is 6.27. The van der Waals surface area contributed by atoms with Crippen LogP contribution in [0.2, 0.25) is 0 Å². The van der Waals surface area contributed by atoms with Gasteiger partial charge in [0.1, 0.15) is 12.6 Å². The Hall–Kier alpha value is -3.12. The van der Waals surface area contributed by atoms with Gasteiger partial charge in [0.05, 0.1) is 37.1 Å². The Morgan fingerprint density at radius 3 is 2.61 bits per heavy atom. The Labute approximate surface area is 198 Å². The van der Waals surface area contributed by atoms with E-state index in [-0.39, 0.29) is 12.5 Å². The average Bonchev–Trinajstić information content (AvgIpc) is 3.21. The minimum Gasteiger partial charge on any atom is -0.493 e. The maximum atomic E-state index is 12.9. The van der Waals surface area contributed by atoms with Crippen LogP contribution in [0.5, 0.6) is 11.5 Å². The van der Waals surface area contributed by atoms with Gasteiger partial charge in [0.2, 0.25) is 11.8 Å². The molecule has 0 aliphatic carbocycles. The molecular weight excluding hydrogens is 466 g/mol. The molecule has 3 aromatic rings. The van der Waals surface area contributed by atoms with Crippen LogP contribution >= 0.6 is 23.1 Å². The van der Waals surface area contributed by atoms with Gasteiger partial charge in [0.15, 0.2) is 16.6 Å². The van der Waals surface area contributed by atoms with E-state index in [0.717, 1.165) is 5.69 Å². The van der Waals surface area contributed by atoms with Crippen molar-refractivity contribution in [2.75, 3.05) is 31.5 Å². The van der Waals surface area contributed by atoms with Gasteiger partial charge in [0.25, 0.3) is 5.56 Å². The van der Waals surface area contributed by atoms with E-state index in [4.69, 9.17) is 9.47 Å². The molecule has 0 spiro atoms. The molecule has 2 aromatic heterocycles. The fraction of sp³-hybridized carbons (Fsp3) is 0.381. The molecule has 0 bridgehead atoms. The first-order chi connectivity index (χ1) is 15.9. The number of hydrogen-bond acceptors (Lipinski definition) is 9. The van der Waals surface area contributed by atoms with E-state index < -0.39 is 17.5 Å². The summed E-state index contributed by atoms with van der Waals surface area (Å²) in [5.74, 6) is 0.680. The van der Waals surface area contributed by atoms with Crippen LogP contribution in [0.1, 0.15) is 12.1 Å². The number of anilines is 1. The standard InChI is InChI=1S/C21H25N5O5S2/c1-12-10-33-21(23-12)25-19(28)14(5-6-32-4)24-18(27)9-26-11-22-15-8-17(31-3)16(30-2)7-13(15)20(26)29/h7-8,10-11,14H,5-6,9H2,1-4H3,(H,24,27)(H,23,25,28)/t14-/m1/s1. The van der Waals surface area contributed by atoms with Crippen molar-refractivity contribution >= 4 is 50.9 Å². The minimum atomic E-state index is -0.761. The fourth-order valence-corrected chi connectivity index (χ4v) is 4.26. The minimum absolute atomic E-state index is 0.282. The highest BCUT2D eigenvalue weighted by Crippen LogP contribution is 2.29. The Morgan fingerprint density at radius 1 is 1.24 bits per heavy atom. The quantitative estimate of drug-likeness (QED) is 0.442. The molecule has 1 aromatic carbocycles. The summed E-state index contributed by atoms with van der Waals surface area (Å²) in [4.78, 5) is 46.8. The zero-order valence-electron chi connectivity index (χ0n) is 18.7. The van der Waals surface area contributed by atoms with Crippen molar-refractivity contribution in [3.8, 4) is 11.5 Å². The molecule has 176 valence electrons. The number of benzene rings is 1. The highest BCUT2D eigenvalue weighted by atomic mass is 32.2. The number of fused-ring (bicyclic) bond motifs is 1. The highest BCUT2D eigenvalue weighted by molar-refractivity contribution is 7.98. The third-order valence-electron chi connectivity index (χ3n) is 4.75. The van der Waals surface area contributed by atoms with Crippen LogP contribution in [0.3, 0.4) is 0 Å². The number of aromatic nitrogens is 3. The Morgan fingerprint density at radius 2 is 1.97 bits per heavy atom. The lowest BCUT2D eigenvalue weighted by atomic mass is 10.2. The van der Waals surface area contributed by atoms with Crippen molar-refractivity contribution in [3.05, 3.63) is 39.9 Å². The van der Waals surface area contributed by atoms with Gasteiger partial charge in [-0.3, -0.25) is 19.0 Å². The molecule has 3 rings (SSSR count). The Bertz CT molecular complexity index is 1210. The number of carbonyl (C=O) groups excluding carboxylic acids is 2. The summed E-state index contributed by atoms with van der Waals surface area (Å²) in [7, 11) is 2.97. The van der Waals surface area contributed by atoms with Gasteiger partial charge in [-0.15, -0.1) is 11.3 Å². The van der Waals surface area contributed by atoms with E-state index in [0.29, 0.717) is 39.7 Å². The number of ether oxygens (including phenoxy) is 2. The molecule has 0 saturated carbocycles. The summed E-state index contributed by atoms with van der Waals surface area (Å²) in [6, 6.07) is 2.37. The number of nitrogens with zero attached hydrogens (tertiary/aromatic N) is 3. The van der Waals surface area contributed by atoms with Gasteiger partial charge in [-0.2, -0.15) is 11.8 Å². The first kappa shape index (κ1) is 24.5. The molecule has 2 heterocycles. The largest absolute Gasteiger partial charge is 0.493 e. The van der Waals surface area contributed by atoms with Crippen LogP contribution in [0.15, 0.2) is 28.6 Å². The number of methoxy groups -OCH3 is 2. The van der Waals surface area contributed by atoms with Crippen LogP contribution in [-0.4, -0.2) is 58.6 Å². The summed E-state index contributed by atoms with van der Waals surface area (Å²) in [5.41, 5.74) is 0.821. The van der Waals surface area contributed by atoms with E-state index in [9.17, 15) is 14.4 Å². The van der Waals surface area contributed by atoms with E-state index in [2.05, 4.69) is 20.6 Å². The lowest BCUT2D eigenvalue weighted by Crippen LogP contribution is -2.46. The van der Waals surface area contributed by atoms with Crippen LogP contribution in [0, 0.1) is 6.92 Å². The van der Waals surface area contributed by atoms with E-state index >= 15 is 0 Å². The number of hydrogen-bond donors (Lipinski definition) is 2. The Kier molecular flexibility index (Phi) is 8.28. The molecule has 2 N–H and O–H groups in total. The summed E-state index contributed by atoms with van der Waals surface area (Å²) in [6.07, 6.45) is 3.65. The predicted octanol–water partition coefficient (Wildman–Crippen LogP) is 2.06. The number of thiazole rings is 1. The molecule has 33 heavy (non-hydrogen) atoms. The smallest absolute Gasteiger partial charge is 0.261 e. The second-order valence-corrected chi connectivity index (χ2v) is 8.93. The lowest BCUT2D eigenvalue weighted by Gasteiger charge is -2.18. The second kappa shape index (κ2) is 11.1. The molecule has 0 saturated heterocycles. The number of amides is 2. The molecule has 1 atom stereocenters. The highest BCUT2D eigenvalue weighted by Gasteiger charge is 2.22. The molecule has 12 heteroatoms. The number of rotatable bonds is 10. The molecule has 0 aliphatic heterocycles. The molecule has 0 fully saturated rings. The van der Waals surface area contributed by atoms with Gasteiger partial charge >= 0.3 is 0 Å². The first-order valence-electron chi connectivity index (χ1n) is 9.98. The van der Waals surface area contributed by atoms with Crippen LogP contribution < -0.4 is 25.7 Å². The monoisotopic (exact) mass is 491 g/mol. The Balaban J connectivity index is 1.76. The second-order valence-electron chi connectivity index (χ2n) is 7.09. The van der Waals surface area contributed by atoms with Crippen molar-refractivity contribution in [3.63, 3.8) is 0 Å². The van der Waals surface area contributed by atoms with Crippen LogP contribution in [-0.2, 0) is 16.1 Å². The summed E-state index contributed by atoms with van der Waals surface area (Å²) in [5, 5.41) is 8.05. The lowest BCUT2D eigenvalue weighted by molar-refractivity contribution is -0.127. The molecule has 0 radical (unpaired) electrons. The van der Waals surface area contributed by atoms with Gasteiger partial charge < -0.3 is 20.1 Å². The fourth-order valence-electron chi connectivity index (χ4n) is 3.10.